The van der Waals surface area contributed by atoms with Crippen molar-refractivity contribution in [2.24, 2.45) is 0 Å². The number of aromatic nitrogens is 2. The number of rotatable bonds is 7. The molecule has 1 aliphatic rings. The number of benzene rings is 2. The van der Waals surface area contributed by atoms with Crippen LogP contribution in [0.3, 0.4) is 0 Å². The van der Waals surface area contributed by atoms with Gasteiger partial charge in [0.15, 0.2) is 5.11 Å². The van der Waals surface area contributed by atoms with Gasteiger partial charge in [0, 0.05) is 35.4 Å². The average Bonchev–Trinajstić information content (AvgIpc) is 3.42. The number of pyridine rings is 1. The second kappa shape index (κ2) is 11.5. The van der Waals surface area contributed by atoms with Crippen LogP contribution < -0.4 is 15.5 Å². The van der Waals surface area contributed by atoms with Gasteiger partial charge >= 0.3 is 0 Å². The Labute approximate surface area is 247 Å². The standard InChI is InChI=1S/C29H27Cl2N5O3S/c1-16-12-20(17(2)35(16)24-13-18(30)7-10-25(24)37)28-27(23-6-4-5-11-32-23)34-29(40)36(28)19-8-9-22(21(31)14-19)33-26(38)15-39-3/h4-14,27-28,37H,15H2,1-3H3,(H,33,38)(H,34,40)/t27-,28+/m0/s1. The Hall–Kier alpha value is -3.63. The van der Waals surface area contributed by atoms with E-state index in [4.69, 9.17) is 40.2 Å². The molecule has 1 amide bonds. The fourth-order valence-electron chi connectivity index (χ4n) is 5.16. The molecule has 11 heteroatoms. The maximum atomic E-state index is 12.1. The van der Waals surface area contributed by atoms with Gasteiger partial charge in [-0.2, -0.15) is 0 Å². The van der Waals surface area contributed by atoms with Gasteiger partial charge in [0.1, 0.15) is 12.4 Å². The summed E-state index contributed by atoms with van der Waals surface area (Å²) >= 11 is 18.8. The van der Waals surface area contributed by atoms with E-state index in [1.807, 2.05) is 47.6 Å². The Morgan fingerprint density at radius 3 is 2.65 bits per heavy atom. The Kier molecular flexibility index (Phi) is 8.00. The molecule has 0 unspecified atom stereocenters. The summed E-state index contributed by atoms with van der Waals surface area (Å²) in [6, 6.07) is 17.6. The average molecular weight is 597 g/mol. The number of thiocarbonyl (C=S) groups is 1. The molecule has 5 rings (SSSR count). The molecular weight excluding hydrogens is 569 g/mol. The molecule has 4 aromatic rings. The number of halogens is 2. The lowest BCUT2D eigenvalue weighted by Gasteiger charge is -2.28. The zero-order chi connectivity index (χ0) is 28.6. The van der Waals surface area contributed by atoms with E-state index < -0.39 is 0 Å². The molecule has 206 valence electrons. The first-order chi connectivity index (χ1) is 19.2. The second-order valence-corrected chi connectivity index (χ2v) is 10.7. The van der Waals surface area contributed by atoms with Crippen LogP contribution in [0.2, 0.25) is 10.0 Å². The highest BCUT2D eigenvalue weighted by atomic mass is 35.5. The van der Waals surface area contributed by atoms with Crippen LogP contribution in [0.5, 0.6) is 5.75 Å². The highest BCUT2D eigenvalue weighted by Gasteiger charge is 2.42. The van der Waals surface area contributed by atoms with Gasteiger partial charge in [-0.3, -0.25) is 9.78 Å². The van der Waals surface area contributed by atoms with E-state index in [0.29, 0.717) is 26.5 Å². The maximum Gasteiger partial charge on any atom is 0.250 e. The first-order valence-corrected chi connectivity index (χ1v) is 13.6. The summed E-state index contributed by atoms with van der Waals surface area (Å²) in [5.41, 5.74) is 5.42. The second-order valence-electron chi connectivity index (χ2n) is 9.44. The SMILES string of the molecule is COCC(=O)Nc1ccc(N2C(=S)N[C@@H](c3ccccn3)[C@H]2c2cc(C)n(-c3cc(Cl)ccc3O)c2C)cc1Cl. The summed E-state index contributed by atoms with van der Waals surface area (Å²) in [7, 11) is 1.45. The van der Waals surface area contributed by atoms with Crippen molar-refractivity contribution in [3.63, 3.8) is 0 Å². The van der Waals surface area contributed by atoms with Crippen LogP contribution in [-0.4, -0.2) is 39.4 Å². The Morgan fingerprint density at radius 2 is 1.95 bits per heavy atom. The Morgan fingerprint density at radius 1 is 1.15 bits per heavy atom. The summed E-state index contributed by atoms with van der Waals surface area (Å²) in [5, 5.41) is 18.3. The van der Waals surface area contributed by atoms with Gasteiger partial charge < -0.3 is 29.9 Å². The fourth-order valence-corrected chi connectivity index (χ4v) is 5.89. The molecule has 0 radical (unpaired) electrons. The minimum atomic E-state index is -0.311. The van der Waals surface area contributed by atoms with Crippen LogP contribution in [0.1, 0.15) is 34.7 Å². The predicted molar refractivity (Wildman–Crippen MR) is 162 cm³/mol. The number of amides is 1. The van der Waals surface area contributed by atoms with Crippen molar-refractivity contribution in [1.82, 2.24) is 14.9 Å². The van der Waals surface area contributed by atoms with Crippen molar-refractivity contribution in [2.45, 2.75) is 25.9 Å². The van der Waals surface area contributed by atoms with Gasteiger partial charge in [-0.1, -0.05) is 29.3 Å². The molecule has 40 heavy (non-hydrogen) atoms. The van der Waals surface area contributed by atoms with Crippen molar-refractivity contribution in [1.29, 1.82) is 0 Å². The molecule has 1 saturated heterocycles. The van der Waals surface area contributed by atoms with Crippen LogP contribution in [0.15, 0.2) is 66.9 Å². The Balaban J connectivity index is 1.63. The normalized spacial score (nSPS) is 16.7. The van der Waals surface area contributed by atoms with E-state index in [9.17, 15) is 9.90 Å². The number of phenolic OH excluding ortho intramolecular Hbond substituents is 1. The predicted octanol–water partition coefficient (Wildman–Crippen LogP) is 6.26. The maximum absolute atomic E-state index is 12.1. The van der Waals surface area contributed by atoms with Crippen LogP contribution in [0.4, 0.5) is 11.4 Å². The molecule has 2 atom stereocenters. The molecule has 3 heterocycles. The van der Waals surface area contributed by atoms with Gasteiger partial charge in [-0.25, -0.2) is 0 Å². The number of aryl methyl sites for hydroxylation is 1. The number of phenols is 1. The van der Waals surface area contributed by atoms with E-state index >= 15 is 0 Å². The Bertz CT molecular complexity index is 1590. The van der Waals surface area contributed by atoms with Crippen LogP contribution >= 0.6 is 35.4 Å². The third-order valence-corrected chi connectivity index (χ3v) is 7.71. The van der Waals surface area contributed by atoms with Crippen molar-refractivity contribution < 1.29 is 14.6 Å². The number of aromatic hydroxyl groups is 1. The molecule has 8 nitrogen and oxygen atoms in total. The van der Waals surface area contributed by atoms with Gasteiger partial charge in [-0.05, 0) is 86.2 Å². The molecule has 1 aliphatic heterocycles. The molecule has 0 spiro atoms. The summed E-state index contributed by atoms with van der Waals surface area (Å²) in [6.07, 6.45) is 1.75. The minimum Gasteiger partial charge on any atom is -0.506 e. The van der Waals surface area contributed by atoms with E-state index in [0.717, 1.165) is 28.3 Å². The quantitative estimate of drug-likeness (QED) is 0.217. The largest absolute Gasteiger partial charge is 0.506 e. The molecule has 0 aliphatic carbocycles. The third kappa shape index (κ3) is 5.25. The van der Waals surface area contributed by atoms with Crippen LogP contribution in [-0.2, 0) is 9.53 Å². The molecule has 2 aromatic carbocycles. The van der Waals surface area contributed by atoms with E-state index in [1.54, 1.807) is 36.5 Å². The van der Waals surface area contributed by atoms with Crippen molar-refractivity contribution in [3.8, 4) is 11.4 Å². The van der Waals surface area contributed by atoms with Crippen LogP contribution in [0, 0.1) is 13.8 Å². The number of nitrogens with zero attached hydrogens (tertiary/aromatic N) is 3. The number of hydrogen-bond donors (Lipinski definition) is 3. The summed E-state index contributed by atoms with van der Waals surface area (Å²) in [6.45, 7) is 3.90. The number of ether oxygens (including phenoxy) is 1. The summed E-state index contributed by atoms with van der Waals surface area (Å²) in [5.74, 6) is -0.186. The number of carbonyl (C=O) groups is 1. The zero-order valence-corrected chi connectivity index (χ0v) is 24.3. The lowest BCUT2D eigenvalue weighted by atomic mass is 9.96. The van der Waals surface area contributed by atoms with Gasteiger partial charge in [0.2, 0.25) is 5.91 Å². The topological polar surface area (TPSA) is 91.7 Å². The molecular formula is C29H27Cl2N5O3S. The lowest BCUT2D eigenvalue weighted by molar-refractivity contribution is -0.119. The summed E-state index contributed by atoms with van der Waals surface area (Å²) in [4.78, 5) is 18.7. The van der Waals surface area contributed by atoms with Crippen molar-refractivity contribution in [3.05, 3.63) is 99.6 Å². The molecule has 0 saturated carbocycles. The first-order valence-electron chi connectivity index (χ1n) is 12.5. The molecule has 2 aromatic heterocycles. The molecule has 0 bridgehead atoms. The number of anilines is 2. The monoisotopic (exact) mass is 595 g/mol. The third-order valence-electron chi connectivity index (χ3n) is 6.85. The number of nitrogens with one attached hydrogen (secondary N) is 2. The number of hydrogen-bond acceptors (Lipinski definition) is 5. The summed E-state index contributed by atoms with van der Waals surface area (Å²) < 4.78 is 6.88. The number of methoxy groups -OCH3 is 1. The smallest absolute Gasteiger partial charge is 0.250 e. The molecule has 3 N–H and O–H groups in total. The van der Waals surface area contributed by atoms with Crippen molar-refractivity contribution >= 4 is 57.8 Å². The van der Waals surface area contributed by atoms with E-state index in [2.05, 4.69) is 21.7 Å². The fraction of sp³-hybridized carbons (Fsp3) is 0.207. The van der Waals surface area contributed by atoms with Gasteiger partial charge in [-0.15, -0.1) is 0 Å². The highest BCUT2D eigenvalue weighted by Crippen LogP contribution is 2.45. The number of carbonyl (C=O) groups excluding carboxylic acids is 1. The van der Waals surface area contributed by atoms with E-state index in [-0.39, 0.29) is 30.3 Å². The minimum absolute atomic E-state index is 0.0795. The van der Waals surface area contributed by atoms with Crippen molar-refractivity contribution in [2.75, 3.05) is 23.9 Å². The van der Waals surface area contributed by atoms with Crippen LogP contribution in [0.25, 0.3) is 5.69 Å². The highest BCUT2D eigenvalue weighted by molar-refractivity contribution is 7.80. The lowest BCUT2D eigenvalue weighted by Crippen LogP contribution is -2.29. The van der Waals surface area contributed by atoms with Gasteiger partial charge in [0.05, 0.1) is 34.2 Å². The molecule has 1 fully saturated rings. The van der Waals surface area contributed by atoms with E-state index in [1.165, 1.54) is 7.11 Å². The zero-order valence-electron chi connectivity index (χ0n) is 22.0. The van der Waals surface area contributed by atoms with Gasteiger partial charge in [0.25, 0.3) is 0 Å². The first kappa shape index (κ1) is 27.9.